The first-order valence-corrected chi connectivity index (χ1v) is 10.7. The number of nitrogens with one attached hydrogen (secondary N) is 1. The number of nitrogens with zero attached hydrogens (tertiary/aromatic N) is 4. The third kappa shape index (κ3) is 5.35. The number of anilines is 1. The van der Waals surface area contributed by atoms with Crippen LogP contribution in [0.1, 0.15) is 5.82 Å². The number of halogens is 1. The lowest BCUT2D eigenvalue weighted by atomic mass is 10.3. The van der Waals surface area contributed by atoms with Gasteiger partial charge in [-0.15, -0.1) is 10.2 Å². The van der Waals surface area contributed by atoms with Crippen molar-refractivity contribution in [3.63, 3.8) is 0 Å². The number of thioether (sulfide) groups is 1. The highest BCUT2D eigenvalue weighted by Gasteiger charge is 2.16. The first kappa shape index (κ1) is 19.9. The van der Waals surface area contributed by atoms with Crippen LogP contribution in [0.5, 0.6) is 0 Å². The summed E-state index contributed by atoms with van der Waals surface area (Å²) in [6.45, 7) is 5.09. The molecule has 0 amide bonds. The Kier molecular flexibility index (Phi) is 6.76. The average molecular weight is 414 g/mol. The van der Waals surface area contributed by atoms with Gasteiger partial charge >= 0.3 is 0 Å². The van der Waals surface area contributed by atoms with Crippen molar-refractivity contribution in [1.82, 2.24) is 19.7 Å². The largest absolute Gasteiger partial charge is 0.379 e. The molecule has 0 aliphatic carbocycles. The van der Waals surface area contributed by atoms with Crippen molar-refractivity contribution in [2.75, 3.05) is 43.9 Å². The molecule has 152 valence electrons. The summed E-state index contributed by atoms with van der Waals surface area (Å²) >= 11 is 1.71. The normalized spacial score (nSPS) is 14.8. The van der Waals surface area contributed by atoms with Crippen LogP contribution in [0.3, 0.4) is 0 Å². The van der Waals surface area contributed by atoms with E-state index in [4.69, 9.17) is 4.74 Å². The summed E-state index contributed by atoms with van der Waals surface area (Å²) in [4.78, 5) is 2.41. The number of aromatic nitrogens is 3. The molecule has 1 N–H and O–H groups in total. The Bertz CT molecular complexity index is 897. The van der Waals surface area contributed by atoms with E-state index in [0.717, 1.165) is 61.0 Å². The van der Waals surface area contributed by atoms with Crippen molar-refractivity contribution in [1.29, 1.82) is 0 Å². The van der Waals surface area contributed by atoms with Crippen LogP contribution < -0.4 is 5.32 Å². The SMILES string of the molecule is Fc1ccc(NCc2nnc(SCCN3CCOCC3)n2-c2ccccc2)cc1. The molecule has 6 nitrogen and oxygen atoms in total. The van der Waals surface area contributed by atoms with Crippen molar-refractivity contribution < 1.29 is 9.13 Å². The molecule has 0 unspecified atom stereocenters. The second kappa shape index (κ2) is 9.87. The molecular weight excluding hydrogens is 389 g/mol. The van der Waals surface area contributed by atoms with Gasteiger partial charge in [0.1, 0.15) is 5.82 Å². The maximum Gasteiger partial charge on any atom is 0.195 e. The molecule has 4 rings (SSSR count). The lowest BCUT2D eigenvalue weighted by Crippen LogP contribution is -2.37. The fourth-order valence-electron chi connectivity index (χ4n) is 3.18. The lowest BCUT2D eigenvalue weighted by molar-refractivity contribution is 0.0410. The van der Waals surface area contributed by atoms with E-state index in [2.05, 4.69) is 37.1 Å². The summed E-state index contributed by atoms with van der Waals surface area (Å²) in [5, 5.41) is 13.0. The Morgan fingerprint density at radius 1 is 1.00 bits per heavy atom. The molecule has 8 heteroatoms. The number of benzene rings is 2. The number of rotatable bonds is 8. The Balaban J connectivity index is 1.46. The minimum absolute atomic E-state index is 0.248. The van der Waals surface area contributed by atoms with Gasteiger partial charge in [0.2, 0.25) is 0 Å². The monoisotopic (exact) mass is 413 g/mol. The van der Waals surface area contributed by atoms with Gasteiger partial charge in [-0.3, -0.25) is 9.47 Å². The fraction of sp³-hybridized carbons (Fsp3) is 0.333. The summed E-state index contributed by atoms with van der Waals surface area (Å²) in [5.74, 6) is 1.51. The van der Waals surface area contributed by atoms with Crippen molar-refractivity contribution >= 4 is 17.4 Å². The van der Waals surface area contributed by atoms with Crippen LogP contribution in [0.4, 0.5) is 10.1 Å². The Morgan fingerprint density at radius 2 is 1.76 bits per heavy atom. The molecule has 0 saturated carbocycles. The molecule has 0 bridgehead atoms. The van der Waals surface area contributed by atoms with E-state index in [-0.39, 0.29) is 5.82 Å². The van der Waals surface area contributed by atoms with Gasteiger partial charge in [0.15, 0.2) is 11.0 Å². The van der Waals surface area contributed by atoms with E-state index >= 15 is 0 Å². The Morgan fingerprint density at radius 3 is 2.52 bits per heavy atom. The highest BCUT2D eigenvalue weighted by molar-refractivity contribution is 7.99. The summed E-state index contributed by atoms with van der Waals surface area (Å²) < 4.78 is 20.6. The third-order valence-corrected chi connectivity index (χ3v) is 5.66. The molecule has 1 saturated heterocycles. The molecule has 0 atom stereocenters. The summed E-state index contributed by atoms with van der Waals surface area (Å²) in [6, 6.07) is 16.4. The van der Waals surface area contributed by atoms with E-state index in [0.29, 0.717) is 6.54 Å². The van der Waals surface area contributed by atoms with Crippen LogP contribution in [0.25, 0.3) is 5.69 Å². The molecule has 29 heavy (non-hydrogen) atoms. The predicted molar refractivity (Wildman–Crippen MR) is 113 cm³/mol. The molecule has 0 spiro atoms. The van der Waals surface area contributed by atoms with E-state index < -0.39 is 0 Å². The van der Waals surface area contributed by atoms with Crippen LogP contribution in [0.2, 0.25) is 0 Å². The zero-order valence-corrected chi connectivity index (χ0v) is 16.9. The van der Waals surface area contributed by atoms with Crippen LogP contribution in [-0.4, -0.2) is 58.3 Å². The van der Waals surface area contributed by atoms with Gasteiger partial charge in [-0.1, -0.05) is 30.0 Å². The molecular formula is C21H24FN5OS. The summed E-state index contributed by atoms with van der Waals surface area (Å²) in [7, 11) is 0. The minimum Gasteiger partial charge on any atom is -0.379 e. The maximum atomic E-state index is 13.1. The first-order valence-electron chi connectivity index (χ1n) is 9.72. The number of hydrogen-bond acceptors (Lipinski definition) is 6. The van der Waals surface area contributed by atoms with E-state index in [1.54, 1.807) is 23.9 Å². The van der Waals surface area contributed by atoms with Crippen LogP contribution >= 0.6 is 11.8 Å². The molecule has 1 aliphatic rings. The van der Waals surface area contributed by atoms with Gasteiger partial charge in [-0.25, -0.2) is 4.39 Å². The Labute approximate surface area is 174 Å². The zero-order chi connectivity index (χ0) is 19.9. The van der Waals surface area contributed by atoms with Crippen molar-refractivity contribution in [2.45, 2.75) is 11.7 Å². The lowest BCUT2D eigenvalue weighted by Gasteiger charge is -2.26. The summed E-state index contributed by atoms with van der Waals surface area (Å²) in [6.07, 6.45) is 0. The molecule has 1 aliphatic heterocycles. The van der Waals surface area contributed by atoms with E-state index in [9.17, 15) is 4.39 Å². The maximum absolute atomic E-state index is 13.1. The number of hydrogen-bond donors (Lipinski definition) is 1. The first-order chi connectivity index (χ1) is 14.3. The van der Waals surface area contributed by atoms with Gasteiger partial charge in [-0.05, 0) is 36.4 Å². The number of ether oxygens (including phenoxy) is 1. The van der Waals surface area contributed by atoms with Crippen molar-refractivity contribution in [2.24, 2.45) is 0 Å². The molecule has 3 aromatic rings. The van der Waals surface area contributed by atoms with Crippen LogP contribution in [0.15, 0.2) is 59.8 Å². The van der Waals surface area contributed by atoms with Gasteiger partial charge in [0, 0.05) is 36.8 Å². The second-order valence-corrected chi connectivity index (χ2v) is 7.79. The van der Waals surface area contributed by atoms with E-state index in [1.807, 2.05) is 18.2 Å². The minimum atomic E-state index is -0.248. The summed E-state index contributed by atoms with van der Waals surface area (Å²) in [5.41, 5.74) is 1.87. The van der Waals surface area contributed by atoms with Gasteiger partial charge in [0.05, 0.1) is 19.8 Å². The zero-order valence-electron chi connectivity index (χ0n) is 16.1. The van der Waals surface area contributed by atoms with Crippen LogP contribution in [-0.2, 0) is 11.3 Å². The smallest absolute Gasteiger partial charge is 0.195 e. The topological polar surface area (TPSA) is 55.2 Å². The van der Waals surface area contributed by atoms with E-state index in [1.165, 1.54) is 12.1 Å². The number of morpholine rings is 1. The molecule has 1 fully saturated rings. The van der Waals surface area contributed by atoms with Crippen molar-refractivity contribution in [3.05, 3.63) is 66.2 Å². The Hall–Kier alpha value is -2.42. The van der Waals surface area contributed by atoms with Crippen molar-refractivity contribution in [3.8, 4) is 5.69 Å². The predicted octanol–water partition coefficient (Wildman–Crippen LogP) is 3.44. The van der Waals surface area contributed by atoms with Gasteiger partial charge in [-0.2, -0.15) is 0 Å². The molecule has 1 aromatic heterocycles. The fourth-order valence-corrected chi connectivity index (χ4v) is 4.15. The van der Waals surface area contributed by atoms with Gasteiger partial charge in [0.25, 0.3) is 0 Å². The highest BCUT2D eigenvalue weighted by Crippen LogP contribution is 2.23. The molecule has 2 aromatic carbocycles. The third-order valence-electron chi connectivity index (χ3n) is 4.75. The quantitative estimate of drug-likeness (QED) is 0.571. The average Bonchev–Trinajstić information content (AvgIpc) is 3.17. The molecule has 2 heterocycles. The second-order valence-electron chi connectivity index (χ2n) is 6.73. The van der Waals surface area contributed by atoms with Crippen LogP contribution in [0, 0.1) is 5.82 Å². The van der Waals surface area contributed by atoms with Gasteiger partial charge < -0.3 is 10.1 Å². The molecule has 0 radical (unpaired) electrons. The number of para-hydroxylation sites is 1. The highest BCUT2D eigenvalue weighted by atomic mass is 32.2. The standard InChI is InChI=1S/C21H24FN5OS/c22-17-6-8-18(9-7-17)23-16-20-24-25-21(27(20)19-4-2-1-3-5-19)29-15-12-26-10-13-28-14-11-26/h1-9,23H,10-16H2.